The van der Waals surface area contributed by atoms with E-state index >= 15 is 0 Å². The van der Waals surface area contributed by atoms with Crippen LogP contribution >= 0.6 is 0 Å². The maximum Gasteiger partial charge on any atom is 0.326 e. The van der Waals surface area contributed by atoms with Crippen LogP contribution in [0, 0.1) is 5.92 Å². The Hall–Kier alpha value is -4.42. The first-order chi connectivity index (χ1) is 19.8. The van der Waals surface area contributed by atoms with Gasteiger partial charge in [0.15, 0.2) is 0 Å². The minimum Gasteiger partial charge on any atom is -0.508 e. The monoisotopic (exact) mass is 581 g/mol. The molecule has 0 radical (unpaired) electrons. The SMILES string of the molecule is CC(C)CC(NC(=O)C(Cc1c[nH]c2ccccc12)NC(=O)C(N)C(C)O)C(=O)NC(Cc1ccc(O)cc1)C(=O)O. The summed E-state index contributed by atoms with van der Waals surface area (Å²) in [5.74, 6) is -3.39. The van der Waals surface area contributed by atoms with Gasteiger partial charge in [0.2, 0.25) is 17.7 Å². The molecular weight excluding hydrogens is 542 g/mol. The van der Waals surface area contributed by atoms with Gasteiger partial charge in [0.05, 0.1) is 6.10 Å². The normalized spacial score (nSPS) is 14.9. The molecule has 0 saturated carbocycles. The van der Waals surface area contributed by atoms with Gasteiger partial charge < -0.3 is 42.0 Å². The number of carboxylic acids is 1. The number of fused-ring (bicyclic) bond motifs is 1. The minimum absolute atomic E-state index is 0.0260. The molecule has 42 heavy (non-hydrogen) atoms. The lowest BCUT2D eigenvalue weighted by Crippen LogP contribution is -2.59. The highest BCUT2D eigenvalue weighted by molar-refractivity contribution is 5.95. The Morgan fingerprint density at radius 3 is 2.05 bits per heavy atom. The number of aromatic nitrogens is 1. The molecule has 0 fully saturated rings. The molecule has 0 aliphatic carbocycles. The molecule has 0 spiro atoms. The number of phenolic OH excluding ortho intramolecular Hbond substituents is 1. The first-order valence-electron chi connectivity index (χ1n) is 13.8. The number of nitrogens with one attached hydrogen (secondary N) is 4. The van der Waals surface area contributed by atoms with E-state index in [0.29, 0.717) is 5.56 Å². The van der Waals surface area contributed by atoms with Crippen LogP contribution < -0.4 is 21.7 Å². The Morgan fingerprint density at radius 2 is 1.43 bits per heavy atom. The number of phenols is 1. The number of carbonyl (C=O) groups is 4. The molecule has 12 nitrogen and oxygen atoms in total. The molecule has 3 amide bonds. The summed E-state index contributed by atoms with van der Waals surface area (Å²) in [5, 5.41) is 37.7. The number of aliphatic hydroxyl groups excluding tert-OH is 1. The third kappa shape index (κ3) is 8.79. The number of benzene rings is 2. The average Bonchev–Trinajstić information content (AvgIpc) is 3.34. The van der Waals surface area contributed by atoms with E-state index < -0.39 is 54.0 Å². The van der Waals surface area contributed by atoms with Crippen LogP contribution in [0.15, 0.2) is 54.7 Å². The fourth-order valence-electron chi connectivity index (χ4n) is 4.53. The number of hydrogen-bond donors (Lipinski definition) is 8. The molecule has 2 aromatic carbocycles. The van der Waals surface area contributed by atoms with Crippen molar-refractivity contribution >= 4 is 34.6 Å². The van der Waals surface area contributed by atoms with Gasteiger partial charge in [0.25, 0.3) is 0 Å². The van der Waals surface area contributed by atoms with Crippen molar-refractivity contribution in [3.8, 4) is 5.75 Å². The topological polar surface area (TPSA) is 207 Å². The second kappa shape index (κ2) is 14.5. The van der Waals surface area contributed by atoms with Gasteiger partial charge in [-0.1, -0.05) is 44.2 Å². The highest BCUT2D eigenvalue weighted by atomic mass is 16.4. The lowest BCUT2D eigenvalue weighted by molar-refractivity contribution is -0.142. The van der Waals surface area contributed by atoms with Gasteiger partial charge >= 0.3 is 5.97 Å². The third-order valence-corrected chi connectivity index (χ3v) is 6.89. The van der Waals surface area contributed by atoms with E-state index in [4.69, 9.17) is 5.73 Å². The predicted octanol–water partition coefficient (Wildman–Crippen LogP) is 0.952. The van der Waals surface area contributed by atoms with Crippen LogP contribution in [-0.2, 0) is 32.0 Å². The van der Waals surface area contributed by atoms with Crippen LogP contribution in [0.5, 0.6) is 5.75 Å². The maximum absolute atomic E-state index is 13.6. The Kier molecular flexibility index (Phi) is 11.1. The zero-order chi connectivity index (χ0) is 31.0. The van der Waals surface area contributed by atoms with Crippen molar-refractivity contribution in [1.29, 1.82) is 0 Å². The fourth-order valence-corrected chi connectivity index (χ4v) is 4.53. The maximum atomic E-state index is 13.6. The van der Waals surface area contributed by atoms with Gasteiger partial charge in [-0.15, -0.1) is 0 Å². The standard InChI is InChI=1S/C30H39N5O7/c1-16(2)12-23(27(38)35-25(30(41)42)13-18-8-10-20(37)11-9-18)33-28(39)24(34-29(40)26(31)17(3)36)14-19-15-32-22-7-5-4-6-21(19)22/h4-11,15-17,23-26,32,36-37H,12-14,31H2,1-3H3,(H,33,39)(H,34,40)(H,35,38)(H,41,42). The van der Waals surface area contributed by atoms with E-state index in [9.17, 15) is 34.5 Å². The Morgan fingerprint density at radius 1 is 0.833 bits per heavy atom. The molecule has 1 aromatic heterocycles. The summed E-state index contributed by atoms with van der Waals surface area (Å²) >= 11 is 0. The lowest BCUT2D eigenvalue weighted by Gasteiger charge is -2.26. The molecule has 0 aliphatic heterocycles. The molecule has 9 N–H and O–H groups in total. The van der Waals surface area contributed by atoms with E-state index in [1.807, 2.05) is 38.1 Å². The zero-order valence-corrected chi connectivity index (χ0v) is 23.8. The number of carboxylic acid groups (broad SMARTS) is 1. The molecule has 226 valence electrons. The summed E-state index contributed by atoms with van der Waals surface area (Å²) in [4.78, 5) is 54.8. The van der Waals surface area contributed by atoms with Gasteiger partial charge in [-0.2, -0.15) is 0 Å². The molecule has 0 aliphatic rings. The van der Waals surface area contributed by atoms with Gasteiger partial charge in [0.1, 0.15) is 29.9 Å². The van der Waals surface area contributed by atoms with Crippen LogP contribution in [0.2, 0.25) is 0 Å². The summed E-state index contributed by atoms with van der Waals surface area (Å²) < 4.78 is 0. The predicted molar refractivity (Wildman–Crippen MR) is 156 cm³/mol. The van der Waals surface area contributed by atoms with Crippen molar-refractivity contribution in [2.24, 2.45) is 11.7 Å². The zero-order valence-electron chi connectivity index (χ0n) is 23.8. The summed E-state index contributed by atoms with van der Waals surface area (Å²) in [6.07, 6.45) is 0.778. The number of para-hydroxylation sites is 1. The highest BCUT2D eigenvalue weighted by Crippen LogP contribution is 2.20. The van der Waals surface area contributed by atoms with E-state index in [2.05, 4.69) is 20.9 Å². The van der Waals surface area contributed by atoms with Crippen LogP contribution in [-0.4, -0.2) is 74.3 Å². The Bertz CT molecular complexity index is 1390. The smallest absolute Gasteiger partial charge is 0.326 e. The van der Waals surface area contributed by atoms with Crippen molar-refractivity contribution in [3.05, 3.63) is 65.9 Å². The van der Waals surface area contributed by atoms with Crippen molar-refractivity contribution in [3.63, 3.8) is 0 Å². The first kappa shape index (κ1) is 32.1. The molecule has 12 heteroatoms. The summed E-state index contributed by atoms with van der Waals surface area (Å²) in [7, 11) is 0. The van der Waals surface area contributed by atoms with Gasteiger partial charge in [-0.25, -0.2) is 4.79 Å². The second-order valence-corrected chi connectivity index (χ2v) is 10.9. The molecule has 0 bridgehead atoms. The molecule has 5 atom stereocenters. The van der Waals surface area contributed by atoms with Crippen LogP contribution in [0.4, 0.5) is 0 Å². The minimum atomic E-state index is -1.29. The number of aliphatic hydroxyl groups is 1. The van der Waals surface area contributed by atoms with Gasteiger partial charge in [-0.3, -0.25) is 14.4 Å². The van der Waals surface area contributed by atoms with Crippen molar-refractivity contribution in [1.82, 2.24) is 20.9 Å². The number of rotatable bonds is 14. The Balaban J connectivity index is 1.82. The van der Waals surface area contributed by atoms with E-state index in [0.717, 1.165) is 16.5 Å². The number of H-pyrrole nitrogens is 1. The quantitative estimate of drug-likeness (QED) is 0.137. The largest absolute Gasteiger partial charge is 0.508 e. The molecule has 1 heterocycles. The number of aromatic amines is 1. The summed E-state index contributed by atoms with van der Waals surface area (Å²) in [6, 6.07) is 8.56. The number of carbonyl (C=O) groups excluding carboxylic acids is 3. The number of aliphatic carboxylic acids is 1. The van der Waals surface area contributed by atoms with Crippen molar-refractivity contribution in [2.75, 3.05) is 0 Å². The first-order valence-corrected chi connectivity index (χ1v) is 13.8. The summed E-state index contributed by atoms with van der Waals surface area (Å²) in [5.41, 5.74) is 7.97. The molecule has 5 unspecified atom stereocenters. The van der Waals surface area contributed by atoms with Crippen LogP contribution in [0.25, 0.3) is 10.9 Å². The molecule has 0 saturated heterocycles. The number of nitrogens with two attached hydrogens (primary N) is 1. The third-order valence-electron chi connectivity index (χ3n) is 6.89. The van der Waals surface area contributed by atoms with Crippen molar-refractivity contribution < 1.29 is 34.5 Å². The van der Waals surface area contributed by atoms with Crippen LogP contribution in [0.1, 0.15) is 38.3 Å². The average molecular weight is 582 g/mol. The van der Waals surface area contributed by atoms with Crippen LogP contribution in [0.3, 0.4) is 0 Å². The number of aromatic hydroxyl groups is 1. The fraction of sp³-hybridized carbons (Fsp3) is 0.400. The van der Waals surface area contributed by atoms with Crippen molar-refractivity contribution in [2.45, 2.75) is 70.3 Å². The molecule has 3 aromatic rings. The lowest BCUT2D eigenvalue weighted by atomic mass is 9.99. The Labute approximate surface area is 243 Å². The molecular formula is C30H39N5O7. The molecule has 3 rings (SSSR count). The van der Waals surface area contributed by atoms with Gasteiger partial charge in [0, 0.05) is 29.9 Å². The van der Waals surface area contributed by atoms with E-state index in [-0.39, 0.29) is 30.9 Å². The summed E-state index contributed by atoms with van der Waals surface area (Å²) in [6.45, 7) is 5.06. The van der Waals surface area contributed by atoms with E-state index in [1.165, 1.54) is 19.1 Å². The number of amides is 3. The number of hydrogen-bond acceptors (Lipinski definition) is 7. The van der Waals surface area contributed by atoms with E-state index in [1.54, 1.807) is 18.3 Å². The second-order valence-electron chi connectivity index (χ2n) is 10.9. The highest BCUT2D eigenvalue weighted by Gasteiger charge is 2.32. The van der Waals surface area contributed by atoms with Gasteiger partial charge in [-0.05, 0) is 48.6 Å².